The third-order valence-electron chi connectivity index (χ3n) is 9.67. The molecular formula is C42H22Br4N4S. The summed E-state index contributed by atoms with van der Waals surface area (Å²) in [5, 5.41) is 4.83. The number of halogens is 4. The van der Waals surface area contributed by atoms with Crippen molar-refractivity contribution in [2.24, 2.45) is 0 Å². The van der Waals surface area contributed by atoms with Crippen molar-refractivity contribution in [3.63, 3.8) is 0 Å². The van der Waals surface area contributed by atoms with Gasteiger partial charge in [0.25, 0.3) is 0 Å². The molecule has 0 N–H and O–H groups in total. The first-order valence-electron chi connectivity index (χ1n) is 16.2. The Morgan fingerprint density at radius 2 is 0.686 bits per heavy atom. The van der Waals surface area contributed by atoms with Crippen LogP contribution >= 0.6 is 75.4 Å². The van der Waals surface area contributed by atoms with Gasteiger partial charge in [-0.15, -0.1) is 0 Å². The standard InChI is InChI=1S/C42H22Br4N4S/c43-25-5-15-37-33(19-25)34-20-26(44)6-16-38(34)49(37)29-9-1-23(2-10-29)31-13-14-32(42-41(31)47-51-48-42)24-3-11-30(12-4-24)50-39-17-7-27(45)21-35(39)36-22-28(46)8-18-40(36)50/h1-22H. The van der Waals surface area contributed by atoms with Crippen LogP contribution in [0.25, 0.3) is 88.3 Å². The van der Waals surface area contributed by atoms with Crippen LogP contribution in [0.4, 0.5) is 0 Å². The largest absolute Gasteiger partial charge is 0.309 e. The van der Waals surface area contributed by atoms with Gasteiger partial charge in [0.05, 0.1) is 33.8 Å². The summed E-state index contributed by atoms with van der Waals surface area (Å²) in [6.45, 7) is 0. The van der Waals surface area contributed by atoms with Crippen molar-refractivity contribution in [2.75, 3.05) is 0 Å². The number of nitrogens with zero attached hydrogens (tertiary/aromatic N) is 4. The molecule has 0 saturated carbocycles. The van der Waals surface area contributed by atoms with Gasteiger partial charge >= 0.3 is 0 Å². The summed E-state index contributed by atoms with van der Waals surface area (Å²) >= 11 is 15.9. The molecule has 10 aromatic rings. The second kappa shape index (κ2) is 12.2. The Morgan fingerprint density at radius 3 is 1.00 bits per heavy atom. The van der Waals surface area contributed by atoms with Gasteiger partial charge in [-0.3, -0.25) is 0 Å². The van der Waals surface area contributed by atoms with E-state index in [0.29, 0.717) is 0 Å². The second-order valence-electron chi connectivity index (χ2n) is 12.5. The minimum atomic E-state index is 0.916. The van der Waals surface area contributed by atoms with E-state index >= 15 is 0 Å². The third kappa shape index (κ3) is 5.16. The van der Waals surface area contributed by atoms with E-state index in [1.807, 2.05) is 0 Å². The van der Waals surface area contributed by atoms with Crippen LogP contribution in [0.2, 0.25) is 0 Å². The van der Waals surface area contributed by atoms with Crippen molar-refractivity contribution in [1.29, 1.82) is 0 Å². The summed E-state index contributed by atoms with van der Waals surface area (Å²) in [5.74, 6) is 0. The van der Waals surface area contributed by atoms with Crippen molar-refractivity contribution in [3.05, 3.63) is 151 Å². The summed E-state index contributed by atoms with van der Waals surface area (Å²) in [6, 6.07) is 47.8. The van der Waals surface area contributed by atoms with Crippen LogP contribution in [-0.4, -0.2) is 17.9 Å². The smallest absolute Gasteiger partial charge is 0.113 e. The molecule has 0 atom stereocenters. The first kappa shape index (κ1) is 31.6. The number of fused-ring (bicyclic) bond motifs is 7. The molecule has 7 aromatic carbocycles. The zero-order chi connectivity index (χ0) is 34.4. The van der Waals surface area contributed by atoms with Crippen molar-refractivity contribution < 1.29 is 0 Å². The van der Waals surface area contributed by atoms with Gasteiger partial charge in [0.1, 0.15) is 11.0 Å². The predicted molar refractivity (Wildman–Crippen MR) is 228 cm³/mol. The van der Waals surface area contributed by atoms with Gasteiger partial charge in [-0.05, 0) is 108 Å². The Labute approximate surface area is 330 Å². The molecule has 244 valence electrons. The molecule has 3 heterocycles. The van der Waals surface area contributed by atoms with Crippen molar-refractivity contribution in [3.8, 4) is 33.6 Å². The molecule has 0 saturated heterocycles. The Bertz CT molecular complexity index is 2690. The Kier molecular flexibility index (Phi) is 7.59. The molecule has 0 aliphatic carbocycles. The lowest BCUT2D eigenvalue weighted by molar-refractivity contribution is 1.18. The maximum Gasteiger partial charge on any atom is 0.113 e. The number of hydrogen-bond donors (Lipinski definition) is 0. The lowest BCUT2D eigenvalue weighted by atomic mass is 9.97. The quantitative estimate of drug-likeness (QED) is 0.176. The van der Waals surface area contributed by atoms with E-state index in [-0.39, 0.29) is 0 Å². The molecule has 0 bridgehead atoms. The van der Waals surface area contributed by atoms with Gasteiger partial charge in [-0.25, -0.2) is 0 Å². The van der Waals surface area contributed by atoms with Gasteiger partial charge in [0.2, 0.25) is 0 Å². The van der Waals surface area contributed by atoms with Crippen molar-refractivity contribution in [1.82, 2.24) is 17.9 Å². The molecule has 51 heavy (non-hydrogen) atoms. The summed E-state index contributed by atoms with van der Waals surface area (Å²) in [4.78, 5) is 0. The predicted octanol–water partition coefficient (Wildman–Crippen LogP) is 14.3. The fourth-order valence-corrected chi connectivity index (χ4v) is 9.42. The first-order chi connectivity index (χ1) is 24.9. The average molecular weight is 934 g/mol. The van der Waals surface area contributed by atoms with E-state index < -0.39 is 0 Å². The maximum absolute atomic E-state index is 4.80. The van der Waals surface area contributed by atoms with Crippen LogP contribution in [0.1, 0.15) is 0 Å². The van der Waals surface area contributed by atoms with Gasteiger partial charge in [-0.1, -0.05) is 100 Å². The van der Waals surface area contributed by atoms with Crippen molar-refractivity contribution in [2.45, 2.75) is 0 Å². The summed E-state index contributed by atoms with van der Waals surface area (Å²) in [6.07, 6.45) is 0. The Morgan fingerprint density at radius 1 is 0.373 bits per heavy atom. The van der Waals surface area contributed by atoms with Crippen LogP contribution < -0.4 is 0 Å². The van der Waals surface area contributed by atoms with Gasteiger partial charge in [-0.2, -0.15) is 8.75 Å². The van der Waals surface area contributed by atoms with E-state index in [1.54, 1.807) is 0 Å². The van der Waals surface area contributed by atoms with Gasteiger partial charge in [0.15, 0.2) is 0 Å². The van der Waals surface area contributed by atoms with Crippen molar-refractivity contribution >= 4 is 130 Å². The van der Waals surface area contributed by atoms with Crippen LogP contribution in [0.3, 0.4) is 0 Å². The molecule has 0 amide bonds. The fraction of sp³-hybridized carbons (Fsp3) is 0. The van der Waals surface area contributed by atoms with E-state index in [0.717, 1.165) is 62.6 Å². The van der Waals surface area contributed by atoms with Crippen LogP contribution in [0.15, 0.2) is 151 Å². The maximum atomic E-state index is 4.80. The molecule has 0 radical (unpaired) electrons. The summed E-state index contributed by atoms with van der Waals surface area (Å²) < 4.78 is 18.5. The van der Waals surface area contributed by atoms with E-state index in [9.17, 15) is 0 Å². The van der Waals surface area contributed by atoms with Gasteiger partial charge < -0.3 is 9.13 Å². The van der Waals surface area contributed by atoms with E-state index in [1.165, 1.54) is 55.3 Å². The summed E-state index contributed by atoms with van der Waals surface area (Å²) in [5.41, 5.74) is 13.1. The highest BCUT2D eigenvalue weighted by molar-refractivity contribution is 9.11. The second-order valence-corrected chi connectivity index (χ2v) is 16.7. The van der Waals surface area contributed by atoms with E-state index in [4.69, 9.17) is 8.75 Å². The molecule has 0 unspecified atom stereocenters. The Hall–Kier alpha value is -4.12. The third-order valence-corrected chi connectivity index (χ3v) is 12.2. The first-order valence-corrected chi connectivity index (χ1v) is 20.1. The monoisotopic (exact) mass is 930 g/mol. The average Bonchev–Trinajstić information content (AvgIpc) is 3.84. The zero-order valence-electron chi connectivity index (χ0n) is 26.4. The molecule has 0 spiro atoms. The normalized spacial score (nSPS) is 11.9. The molecule has 3 aromatic heterocycles. The highest BCUT2D eigenvalue weighted by Gasteiger charge is 2.17. The summed E-state index contributed by atoms with van der Waals surface area (Å²) in [7, 11) is 0. The molecule has 0 aliphatic heterocycles. The van der Waals surface area contributed by atoms with Crippen LogP contribution in [-0.2, 0) is 0 Å². The minimum Gasteiger partial charge on any atom is -0.309 e. The molecule has 0 fully saturated rings. The molecule has 0 aliphatic rings. The van der Waals surface area contributed by atoms with Gasteiger partial charge in [0, 0.05) is 61.9 Å². The highest BCUT2D eigenvalue weighted by Crippen LogP contribution is 2.39. The number of rotatable bonds is 4. The lowest BCUT2D eigenvalue weighted by Gasteiger charge is -2.12. The highest BCUT2D eigenvalue weighted by atomic mass is 79.9. The van der Waals surface area contributed by atoms with Crippen LogP contribution in [0, 0.1) is 0 Å². The number of hydrogen-bond acceptors (Lipinski definition) is 3. The molecule has 9 heteroatoms. The topological polar surface area (TPSA) is 35.6 Å². The Balaban J connectivity index is 1.03. The molecule has 10 rings (SSSR count). The molecular weight excluding hydrogens is 912 g/mol. The molecule has 4 nitrogen and oxygen atoms in total. The van der Waals surface area contributed by atoms with E-state index in [2.05, 4.69) is 206 Å². The minimum absolute atomic E-state index is 0.916. The zero-order valence-corrected chi connectivity index (χ0v) is 33.6. The SMILES string of the molecule is Brc1ccc2c(c1)c1cc(Br)ccc1n2-c1ccc(-c2ccc(-c3ccc(-n4c5ccc(Br)cc5c5cc(Br)ccc54)cc3)c3nsnc23)cc1. The number of benzene rings is 7. The lowest BCUT2D eigenvalue weighted by Crippen LogP contribution is -1.94. The van der Waals surface area contributed by atoms with Crippen LogP contribution in [0.5, 0.6) is 0 Å². The number of aromatic nitrogens is 4. The fourth-order valence-electron chi connectivity index (χ4n) is 7.40.